The molecule has 0 heterocycles. The van der Waals surface area contributed by atoms with Crippen molar-refractivity contribution in [2.45, 2.75) is 38.5 Å². The fourth-order valence-electron chi connectivity index (χ4n) is 2.84. The minimum Gasteiger partial charge on any atom is -0.204 e. The lowest BCUT2D eigenvalue weighted by atomic mass is 9.79. The Bertz CT molecular complexity index is 434. The summed E-state index contributed by atoms with van der Waals surface area (Å²) in [5.74, 6) is -0.185. The van der Waals surface area contributed by atoms with Crippen molar-refractivity contribution >= 4 is 11.6 Å². The Balaban J connectivity index is 1.78. The number of rotatable bonds is 4. The molecule has 1 aliphatic carbocycles. The van der Waals surface area contributed by atoms with Gasteiger partial charge in [-0.3, -0.25) is 0 Å². The normalized spacial score (nSPS) is 23.9. The van der Waals surface area contributed by atoms with Crippen LogP contribution in [0.1, 0.15) is 37.7 Å². The zero-order chi connectivity index (χ0) is 13.7. The van der Waals surface area contributed by atoms with Crippen molar-refractivity contribution in [2.24, 2.45) is 11.8 Å². The molecule has 0 saturated heterocycles. The zero-order valence-corrected chi connectivity index (χ0v) is 11.7. The molecule has 0 N–H and O–H groups in total. The molecule has 1 saturated carbocycles. The van der Waals surface area contributed by atoms with Crippen LogP contribution in [0.3, 0.4) is 0 Å². The van der Waals surface area contributed by atoms with E-state index in [1.165, 1.54) is 37.8 Å². The van der Waals surface area contributed by atoms with E-state index in [0.717, 1.165) is 18.4 Å². The van der Waals surface area contributed by atoms with Gasteiger partial charge >= 0.3 is 0 Å². The Labute approximate surface area is 118 Å². The number of hydrogen-bond acceptors (Lipinski definition) is 0. The van der Waals surface area contributed by atoms with Crippen LogP contribution in [-0.2, 0) is 6.42 Å². The van der Waals surface area contributed by atoms with Crippen molar-refractivity contribution in [3.8, 4) is 0 Å². The standard InChI is InChI=1S/C16H19ClF2/c17-10-9-13-3-1-12(2-4-13)5-6-14-7-8-15(18)16(19)11-14/h7-13H,1-6H2/b10-9+/t12-,13-. The van der Waals surface area contributed by atoms with Gasteiger partial charge in [0.2, 0.25) is 0 Å². The first-order chi connectivity index (χ1) is 9.19. The Kier molecular flexibility index (Phi) is 5.38. The maximum Gasteiger partial charge on any atom is 0.159 e. The third kappa shape index (κ3) is 4.31. The number of halogens is 3. The van der Waals surface area contributed by atoms with Crippen molar-refractivity contribution in [3.05, 3.63) is 47.0 Å². The van der Waals surface area contributed by atoms with Crippen LogP contribution in [0.15, 0.2) is 29.8 Å². The van der Waals surface area contributed by atoms with Gasteiger partial charge in [-0.1, -0.05) is 23.7 Å². The van der Waals surface area contributed by atoms with E-state index >= 15 is 0 Å². The molecule has 0 atom stereocenters. The minimum absolute atomic E-state index is 0.622. The Morgan fingerprint density at radius 1 is 1.11 bits per heavy atom. The number of aryl methyl sites for hydroxylation is 1. The summed E-state index contributed by atoms with van der Waals surface area (Å²) < 4.78 is 25.9. The zero-order valence-electron chi connectivity index (χ0n) is 10.9. The van der Waals surface area contributed by atoms with E-state index in [0.29, 0.717) is 11.8 Å². The second kappa shape index (κ2) is 7.04. The Morgan fingerprint density at radius 3 is 2.47 bits per heavy atom. The van der Waals surface area contributed by atoms with E-state index in [-0.39, 0.29) is 0 Å². The van der Waals surface area contributed by atoms with Crippen LogP contribution < -0.4 is 0 Å². The van der Waals surface area contributed by atoms with Gasteiger partial charge in [-0.25, -0.2) is 8.78 Å². The molecule has 0 aromatic heterocycles. The molecule has 0 nitrogen and oxygen atoms in total. The smallest absolute Gasteiger partial charge is 0.159 e. The van der Waals surface area contributed by atoms with E-state index in [4.69, 9.17) is 11.6 Å². The lowest BCUT2D eigenvalue weighted by Crippen LogP contribution is -2.13. The summed E-state index contributed by atoms with van der Waals surface area (Å²) in [5, 5.41) is 0. The van der Waals surface area contributed by atoms with E-state index in [2.05, 4.69) is 6.08 Å². The molecule has 19 heavy (non-hydrogen) atoms. The molecule has 0 aliphatic heterocycles. The van der Waals surface area contributed by atoms with Crippen molar-refractivity contribution in [2.75, 3.05) is 0 Å². The molecule has 104 valence electrons. The van der Waals surface area contributed by atoms with Crippen LogP contribution in [-0.4, -0.2) is 0 Å². The monoisotopic (exact) mass is 284 g/mol. The molecule has 1 aromatic carbocycles. The molecule has 1 aromatic rings. The maximum absolute atomic E-state index is 13.1. The predicted molar refractivity (Wildman–Crippen MR) is 75.1 cm³/mol. The van der Waals surface area contributed by atoms with E-state index in [1.54, 1.807) is 11.6 Å². The fraction of sp³-hybridized carbons (Fsp3) is 0.500. The maximum atomic E-state index is 13.1. The van der Waals surface area contributed by atoms with Crippen molar-refractivity contribution in [1.82, 2.24) is 0 Å². The first-order valence-corrected chi connectivity index (χ1v) is 7.33. The van der Waals surface area contributed by atoms with Gasteiger partial charge in [0.15, 0.2) is 11.6 Å². The molecule has 0 bridgehead atoms. The van der Waals surface area contributed by atoms with Gasteiger partial charge in [-0.05, 0) is 68.1 Å². The molecule has 0 unspecified atom stereocenters. The molecule has 0 spiro atoms. The predicted octanol–water partition coefficient (Wildman–Crippen LogP) is 5.46. The second-order valence-electron chi connectivity index (χ2n) is 5.39. The van der Waals surface area contributed by atoms with Gasteiger partial charge in [0.05, 0.1) is 0 Å². The SMILES string of the molecule is Fc1ccc(CC[C@H]2CC[C@H](/C=C/Cl)CC2)cc1F. The van der Waals surface area contributed by atoms with E-state index in [1.807, 2.05) is 0 Å². The van der Waals surface area contributed by atoms with Crippen LogP contribution in [0.25, 0.3) is 0 Å². The molecule has 0 amide bonds. The van der Waals surface area contributed by atoms with Gasteiger partial charge in [-0.2, -0.15) is 0 Å². The van der Waals surface area contributed by atoms with Gasteiger partial charge in [0, 0.05) is 5.54 Å². The molecular formula is C16H19ClF2. The van der Waals surface area contributed by atoms with E-state index < -0.39 is 11.6 Å². The van der Waals surface area contributed by atoms with Gasteiger partial charge in [0.25, 0.3) is 0 Å². The summed E-state index contributed by atoms with van der Waals surface area (Å²) in [6.45, 7) is 0. The summed E-state index contributed by atoms with van der Waals surface area (Å²) >= 11 is 5.59. The topological polar surface area (TPSA) is 0 Å². The molecule has 1 aliphatic rings. The highest BCUT2D eigenvalue weighted by Crippen LogP contribution is 2.32. The number of hydrogen-bond donors (Lipinski definition) is 0. The average molecular weight is 285 g/mol. The highest BCUT2D eigenvalue weighted by molar-refractivity contribution is 6.25. The Hall–Kier alpha value is -0.890. The van der Waals surface area contributed by atoms with Crippen LogP contribution >= 0.6 is 11.6 Å². The third-order valence-corrected chi connectivity index (χ3v) is 4.21. The summed E-state index contributed by atoms with van der Waals surface area (Å²) in [6.07, 6.45) is 8.75. The van der Waals surface area contributed by atoms with Crippen LogP contribution in [0.4, 0.5) is 8.78 Å². The van der Waals surface area contributed by atoms with Gasteiger partial charge in [0.1, 0.15) is 0 Å². The first-order valence-electron chi connectivity index (χ1n) is 6.90. The van der Waals surface area contributed by atoms with Crippen LogP contribution in [0.5, 0.6) is 0 Å². The molecule has 0 radical (unpaired) electrons. The van der Waals surface area contributed by atoms with Crippen molar-refractivity contribution < 1.29 is 8.78 Å². The lowest BCUT2D eigenvalue weighted by molar-refractivity contribution is 0.296. The summed E-state index contributed by atoms with van der Waals surface area (Å²) in [5.41, 5.74) is 2.51. The van der Waals surface area contributed by atoms with Gasteiger partial charge in [-0.15, -0.1) is 0 Å². The first kappa shape index (κ1) is 14.5. The average Bonchev–Trinajstić information content (AvgIpc) is 2.42. The minimum atomic E-state index is -0.767. The highest BCUT2D eigenvalue weighted by Gasteiger charge is 2.19. The Morgan fingerprint density at radius 2 is 1.84 bits per heavy atom. The number of allylic oxidation sites excluding steroid dienone is 1. The van der Waals surface area contributed by atoms with Crippen LogP contribution in [0, 0.1) is 23.5 Å². The van der Waals surface area contributed by atoms with Crippen LogP contribution in [0.2, 0.25) is 0 Å². The van der Waals surface area contributed by atoms with E-state index in [9.17, 15) is 8.78 Å². The fourth-order valence-corrected chi connectivity index (χ4v) is 3.04. The highest BCUT2D eigenvalue weighted by atomic mass is 35.5. The molecule has 2 rings (SSSR count). The van der Waals surface area contributed by atoms with Crippen molar-refractivity contribution in [3.63, 3.8) is 0 Å². The summed E-state index contributed by atoms with van der Waals surface area (Å²) in [6, 6.07) is 4.21. The summed E-state index contributed by atoms with van der Waals surface area (Å²) in [4.78, 5) is 0. The quantitative estimate of drug-likeness (QED) is 0.689. The van der Waals surface area contributed by atoms with Gasteiger partial charge < -0.3 is 0 Å². The van der Waals surface area contributed by atoms with Crippen molar-refractivity contribution in [1.29, 1.82) is 0 Å². The largest absolute Gasteiger partial charge is 0.204 e. The molecular weight excluding hydrogens is 266 g/mol. The lowest BCUT2D eigenvalue weighted by Gasteiger charge is -2.26. The third-order valence-electron chi connectivity index (χ3n) is 4.06. The molecule has 3 heteroatoms. The summed E-state index contributed by atoms with van der Waals surface area (Å²) in [7, 11) is 0. The number of benzene rings is 1. The molecule has 1 fully saturated rings. The second-order valence-corrected chi connectivity index (χ2v) is 5.64.